The molecule has 2 aliphatic heterocycles. The molecule has 5 rings (SSSR count). The maximum atomic E-state index is 12.8. The minimum absolute atomic E-state index is 0.0744. The number of hydrogen-bond donors (Lipinski definition) is 2. The summed E-state index contributed by atoms with van der Waals surface area (Å²) in [4.78, 5) is 20.3. The van der Waals surface area contributed by atoms with Gasteiger partial charge in [-0.15, -0.1) is 0 Å². The Morgan fingerprint density at radius 3 is 2.52 bits per heavy atom. The van der Waals surface area contributed by atoms with E-state index in [4.69, 9.17) is 4.78 Å². The lowest BCUT2D eigenvalue weighted by Crippen LogP contribution is -2.65. The number of alkyl halides is 3. The number of aromatic amines is 1. The first-order chi connectivity index (χ1) is 15.6. The highest BCUT2D eigenvalue weighted by molar-refractivity contribution is 7.93. The Bertz CT molecular complexity index is 1120. The quantitative estimate of drug-likeness (QED) is 0.695. The summed E-state index contributed by atoms with van der Waals surface area (Å²) in [6.45, 7) is 2.86. The number of carbonyl (C=O) groups excluding carboxylic acids is 1. The Morgan fingerprint density at radius 1 is 1.21 bits per heavy atom. The first-order valence-corrected chi connectivity index (χ1v) is 12.5. The zero-order chi connectivity index (χ0) is 23.4. The highest BCUT2D eigenvalue weighted by atomic mass is 32.2. The number of halogens is 3. The van der Waals surface area contributed by atoms with Crippen molar-refractivity contribution in [2.75, 3.05) is 26.2 Å². The average molecular weight is 483 g/mol. The number of aromatic nitrogens is 3. The molecule has 2 amide bonds. The lowest BCUT2D eigenvalue weighted by Gasteiger charge is -2.59. The molecule has 12 heteroatoms. The third-order valence-corrected chi connectivity index (χ3v) is 8.74. The summed E-state index contributed by atoms with van der Waals surface area (Å²) in [6.07, 6.45) is 5.05. The van der Waals surface area contributed by atoms with E-state index in [0.717, 1.165) is 62.3 Å². The predicted molar refractivity (Wildman–Crippen MR) is 113 cm³/mol. The number of urea groups is 1. The van der Waals surface area contributed by atoms with Gasteiger partial charge in [0.25, 0.3) is 0 Å². The van der Waals surface area contributed by atoms with Gasteiger partial charge in [0.1, 0.15) is 12.2 Å². The fourth-order valence-electron chi connectivity index (χ4n) is 5.52. The van der Waals surface area contributed by atoms with E-state index in [2.05, 4.69) is 15.2 Å². The van der Waals surface area contributed by atoms with Crippen molar-refractivity contribution in [3.8, 4) is 0 Å². The predicted octanol–water partition coefficient (Wildman–Crippen LogP) is 3.59. The molecule has 1 aromatic carbocycles. The van der Waals surface area contributed by atoms with Crippen LogP contribution in [0.1, 0.15) is 36.6 Å². The van der Waals surface area contributed by atoms with Gasteiger partial charge in [-0.05, 0) is 49.3 Å². The van der Waals surface area contributed by atoms with Crippen LogP contribution in [0.3, 0.4) is 0 Å². The number of hydrogen-bond acceptors (Lipinski definition) is 5. The Balaban J connectivity index is 1.09. The molecule has 2 aromatic rings. The molecular formula is C21H25F3N6O2S. The van der Waals surface area contributed by atoms with Gasteiger partial charge < -0.3 is 9.80 Å². The molecule has 178 valence electrons. The van der Waals surface area contributed by atoms with Crippen molar-refractivity contribution < 1.29 is 22.2 Å². The van der Waals surface area contributed by atoms with E-state index >= 15 is 0 Å². The van der Waals surface area contributed by atoms with Crippen molar-refractivity contribution in [2.24, 2.45) is 11.3 Å². The maximum Gasteiger partial charge on any atom is 0.483 e. The largest absolute Gasteiger partial charge is 0.483 e. The number of amides is 2. The molecular weight excluding hydrogens is 457 g/mol. The molecule has 1 saturated carbocycles. The second-order valence-corrected chi connectivity index (χ2v) is 11.6. The fraction of sp³-hybridized carbons (Fsp3) is 0.571. The summed E-state index contributed by atoms with van der Waals surface area (Å²) >= 11 is 0. The standard InChI is InChI=1S/C21H25F3N6O2S/c22-21(23,24)33(25,32)17-3-1-14(2-4-17)7-15-8-20(9-15)11-30(12-20)19(31)29-6-5-16(10-29)18-26-13-27-28-18/h1-4,13,15-16,25H,5-12H2,(H,26,27,28)/t16-,33?/m0/s1. The van der Waals surface area contributed by atoms with Crippen LogP contribution < -0.4 is 0 Å². The van der Waals surface area contributed by atoms with Crippen LogP contribution >= 0.6 is 0 Å². The molecule has 3 fully saturated rings. The van der Waals surface area contributed by atoms with Gasteiger partial charge in [-0.2, -0.15) is 18.3 Å². The molecule has 3 heterocycles. The molecule has 1 aliphatic carbocycles. The minimum Gasteiger partial charge on any atom is -0.324 e. The summed E-state index contributed by atoms with van der Waals surface area (Å²) in [5.74, 6) is 1.44. The normalized spacial score (nSPS) is 24.4. The zero-order valence-corrected chi connectivity index (χ0v) is 18.7. The Morgan fingerprint density at radius 2 is 1.91 bits per heavy atom. The highest BCUT2D eigenvalue weighted by Crippen LogP contribution is 2.53. The monoisotopic (exact) mass is 482 g/mol. The van der Waals surface area contributed by atoms with Crippen LogP contribution in [0.25, 0.3) is 0 Å². The van der Waals surface area contributed by atoms with Crippen LogP contribution in [-0.2, 0) is 16.1 Å². The van der Waals surface area contributed by atoms with Crippen molar-refractivity contribution in [3.63, 3.8) is 0 Å². The number of nitrogens with one attached hydrogen (secondary N) is 2. The Kier molecular flexibility index (Phi) is 5.18. The van der Waals surface area contributed by atoms with Crippen molar-refractivity contribution in [1.82, 2.24) is 25.0 Å². The van der Waals surface area contributed by atoms with Gasteiger partial charge in [-0.25, -0.2) is 18.8 Å². The van der Waals surface area contributed by atoms with Crippen LogP contribution in [0.5, 0.6) is 0 Å². The highest BCUT2D eigenvalue weighted by Gasteiger charge is 2.54. The van der Waals surface area contributed by atoms with Crippen LogP contribution in [0, 0.1) is 16.1 Å². The van der Waals surface area contributed by atoms with Gasteiger partial charge in [0.15, 0.2) is 9.73 Å². The summed E-state index contributed by atoms with van der Waals surface area (Å²) in [7, 11) is -4.81. The molecule has 8 nitrogen and oxygen atoms in total. The maximum absolute atomic E-state index is 12.8. The second kappa shape index (κ2) is 7.71. The SMILES string of the molecule is N=S(=O)(c1ccc(CC2CC3(C2)CN(C(=O)N2CC[C@H](c4ncn[nH]4)C2)C3)cc1)C(F)(F)F. The van der Waals surface area contributed by atoms with Gasteiger partial charge >= 0.3 is 11.5 Å². The molecule has 33 heavy (non-hydrogen) atoms. The molecule has 2 atom stereocenters. The smallest absolute Gasteiger partial charge is 0.324 e. The molecule has 1 aromatic heterocycles. The minimum atomic E-state index is -5.08. The number of H-pyrrole nitrogens is 1. The van der Waals surface area contributed by atoms with E-state index in [0.29, 0.717) is 19.0 Å². The van der Waals surface area contributed by atoms with Crippen LogP contribution in [-0.4, -0.2) is 66.9 Å². The fourth-order valence-corrected chi connectivity index (χ4v) is 6.31. The number of likely N-dealkylation sites (tertiary alicyclic amines) is 2. The van der Waals surface area contributed by atoms with E-state index in [9.17, 15) is 22.2 Å². The average Bonchev–Trinajstić information content (AvgIpc) is 3.39. The number of carbonyl (C=O) groups is 1. The Hall–Kier alpha value is -2.63. The van der Waals surface area contributed by atoms with E-state index < -0.39 is 20.1 Å². The molecule has 3 aliphatic rings. The molecule has 1 spiro atoms. The first-order valence-electron chi connectivity index (χ1n) is 10.9. The molecule has 0 radical (unpaired) electrons. The van der Waals surface area contributed by atoms with Crippen molar-refractivity contribution in [1.29, 1.82) is 4.78 Å². The van der Waals surface area contributed by atoms with E-state index in [1.807, 2.05) is 9.80 Å². The summed E-state index contributed by atoms with van der Waals surface area (Å²) in [5.41, 5.74) is -4.04. The molecule has 0 bridgehead atoms. The third-order valence-electron chi connectivity index (χ3n) is 7.15. The van der Waals surface area contributed by atoms with E-state index in [1.54, 1.807) is 0 Å². The van der Waals surface area contributed by atoms with Gasteiger partial charge in [0.2, 0.25) is 0 Å². The lowest BCUT2D eigenvalue weighted by atomic mass is 9.56. The molecule has 2 N–H and O–H groups in total. The number of nitrogens with zero attached hydrogens (tertiary/aromatic N) is 4. The van der Waals surface area contributed by atoms with Gasteiger partial charge in [-0.3, -0.25) is 5.10 Å². The van der Waals surface area contributed by atoms with Gasteiger partial charge in [0, 0.05) is 37.5 Å². The van der Waals surface area contributed by atoms with Crippen molar-refractivity contribution in [2.45, 2.75) is 42.0 Å². The second-order valence-electron chi connectivity index (χ2n) is 9.57. The molecule has 1 unspecified atom stereocenters. The molecule has 2 saturated heterocycles. The van der Waals surface area contributed by atoms with E-state index in [-0.39, 0.29) is 17.4 Å². The Labute approximate surface area is 189 Å². The third kappa shape index (κ3) is 3.98. The topological polar surface area (TPSA) is 106 Å². The zero-order valence-electron chi connectivity index (χ0n) is 17.8. The van der Waals surface area contributed by atoms with Crippen LogP contribution in [0.4, 0.5) is 18.0 Å². The van der Waals surface area contributed by atoms with Crippen molar-refractivity contribution in [3.05, 3.63) is 42.0 Å². The van der Waals surface area contributed by atoms with Gasteiger partial charge in [0.05, 0.1) is 4.90 Å². The number of benzene rings is 1. The summed E-state index contributed by atoms with van der Waals surface area (Å²) < 4.78 is 57.3. The van der Waals surface area contributed by atoms with Crippen molar-refractivity contribution >= 4 is 15.8 Å². The summed E-state index contributed by atoms with van der Waals surface area (Å²) in [5, 5.41) is 6.76. The van der Waals surface area contributed by atoms with E-state index in [1.165, 1.54) is 18.5 Å². The van der Waals surface area contributed by atoms with Crippen LogP contribution in [0.15, 0.2) is 35.5 Å². The van der Waals surface area contributed by atoms with Gasteiger partial charge in [-0.1, -0.05) is 12.1 Å². The summed E-state index contributed by atoms with van der Waals surface area (Å²) in [6, 6.07) is 5.45. The number of rotatable bonds is 4. The lowest BCUT2D eigenvalue weighted by molar-refractivity contribution is -0.0753. The van der Waals surface area contributed by atoms with Crippen LogP contribution in [0.2, 0.25) is 0 Å². The first kappa shape index (κ1) is 22.2.